The fraction of sp³-hybridized carbons (Fsp3) is 0.692. The van der Waals surface area contributed by atoms with E-state index in [1.54, 1.807) is 0 Å². The van der Waals surface area contributed by atoms with E-state index < -0.39 is 0 Å². The predicted molar refractivity (Wildman–Crippen MR) is 70.6 cm³/mol. The molecule has 0 saturated heterocycles. The van der Waals surface area contributed by atoms with Crippen molar-refractivity contribution >= 4 is 11.3 Å². The van der Waals surface area contributed by atoms with E-state index in [2.05, 4.69) is 29.3 Å². The first-order chi connectivity index (χ1) is 7.79. The minimum absolute atomic E-state index is 0.455. The van der Waals surface area contributed by atoms with Gasteiger partial charge in [0.2, 0.25) is 0 Å². The molecule has 2 nitrogen and oxygen atoms in total. The molecule has 16 heavy (non-hydrogen) atoms. The Morgan fingerprint density at radius 2 is 2.12 bits per heavy atom. The summed E-state index contributed by atoms with van der Waals surface area (Å²) in [5, 5.41) is 2.17. The van der Waals surface area contributed by atoms with Crippen molar-refractivity contribution in [1.29, 1.82) is 0 Å². The summed E-state index contributed by atoms with van der Waals surface area (Å²) < 4.78 is 0. The van der Waals surface area contributed by atoms with Gasteiger partial charge in [-0.1, -0.05) is 13.0 Å². The van der Waals surface area contributed by atoms with Crippen LogP contribution < -0.4 is 5.73 Å². The highest BCUT2D eigenvalue weighted by Gasteiger charge is 2.23. The van der Waals surface area contributed by atoms with E-state index in [0.717, 1.165) is 19.1 Å². The molecule has 1 aromatic heterocycles. The topological polar surface area (TPSA) is 29.3 Å². The molecule has 0 radical (unpaired) electrons. The van der Waals surface area contributed by atoms with Gasteiger partial charge in [0.25, 0.3) is 0 Å². The van der Waals surface area contributed by atoms with E-state index in [9.17, 15) is 0 Å². The standard InChI is InChI=1S/C13H22N2S/c1-2-15(10-13-4-3-9-16-13)12-7-5-11(14)6-8-12/h3-4,9,11-12H,2,5-8,10,14H2,1H3. The van der Waals surface area contributed by atoms with Crippen LogP contribution in [0.15, 0.2) is 17.5 Å². The van der Waals surface area contributed by atoms with Crippen molar-refractivity contribution in [2.24, 2.45) is 5.73 Å². The number of nitrogens with zero attached hydrogens (tertiary/aromatic N) is 1. The molecule has 90 valence electrons. The zero-order chi connectivity index (χ0) is 11.4. The zero-order valence-electron chi connectivity index (χ0n) is 10.1. The molecule has 0 unspecified atom stereocenters. The Morgan fingerprint density at radius 3 is 2.69 bits per heavy atom. The van der Waals surface area contributed by atoms with Gasteiger partial charge < -0.3 is 5.73 Å². The summed E-state index contributed by atoms with van der Waals surface area (Å²) in [6, 6.07) is 5.59. The SMILES string of the molecule is CCN(Cc1cccs1)C1CCC(N)CC1. The molecule has 0 amide bonds. The Bertz CT molecular complexity index is 289. The minimum Gasteiger partial charge on any atom is -0.328 e. The molecule has 0 spiro atoms. The van der Waals surface area contributed by atoms with Crippen molar-refractivity contribution in [3.63, 3.8) is 0 Å². The lowest BCUT2D eigenvalue weighted by Crippen LogP contribution is -2.40. The molecule has 0 atom stereocenters. The lowest BCUT2D eigenvalue weighted by molar-refractivity contribution is 0.150. The Balaban J connectivity index is 1.89. The second-order valence-corrected chi connectivity index (χ2v) is 5.74. The van der Waals surface area contributed by atoms with Gasteiger partial charge in [0.1, 0.15) is 0 Å². The van der Waals surface area contributed by atoms with E-state index in [4.69, 9.17) is 5.73 Å². The highest BCUT2D eigenvalue weighted by Crippen LogP contribution is 2.24. The summed E-state index contributed by atoms with van der Waals surface area (Å²) >= 11 is 1.86. The van der Waals surface area contributed by atoms with Gasteiger partial charge in [0.05, 0.1) is 0 Å². The van der Waals surface area contributed by atoms with Crippen LogP contribution in [0.25, 0.3) is 0 Å². The molecule has 0 bridgehead atoms. The predicted octanol–water partition coefficient (Wildman–Crippen LogP) is 2.84. The average molecular weight is 238 g/mol. The molecular formula is C13H22N2S. The third-order valence-electron chi connectivity index (χ3n) is 3.60. The molecule has 1 heterocycles. The van der Waals surface area contributed by atoms with Crippen LogP contribution in [-0.4, -0.2) is 23.5 Å². The molecule has 1 aromatic rings. The van der Waals surface area contributed by atoms with Crippen LogP contribution in [0.2, 0.25) is 0 Å². The first-order valence-corrected chi connectivity index (χ1v) is 7.19. The third kappa shape index (κ3) is 3.06. The quantitative estimate of drug-likeness (QED) is 0.874. The van der Waals surface area contributed by atoms with Gasteiger partial charge in [-0.15, -0.1) is 11.3 Å². The van der Waals surface area contributed by atoms with Gasteiger partial charge in [0.15, 0.2) is 0 Å². The van der Waals surface area contributed by atoms with Crippen molar-refractivity contribution in [2.75, 3.05) is 6.54 Å². The fourth-order valence-corrected chi connectivity index (χ4v) is 3.30. The molecule has 1 fully saturated rings. The molecule has 0 aliphatic heterocycles. The number of nitrogens with two attached hydrogens (primary N) is 1. The molecule has 1 aliphatic rings. The Hall–Kier alpha value is -0.380. The molecule has 2 rings (SSSR count). The van der Waals surface area contributed by atoms with Gasteiger partial charge in [-0.2, -0.15) is 0 Å². The number of rotatable bonds is 4. The monoisotopic (exact) mass is 238 g/mol. The van der Waals surface area contributed by atoms with Crippen LogP contribution in [0.3, 0.4) is 0 Å². The summed E-state index contributed by atoms with van der Waals surface area (Å²) in [7, 11) is 0. The molecule has 0 aromatic carbocycles. The molecular weight excluding hydrogens is 216 g/mol. The van der Waals surface area contributed by atoms with Crippen LogP contribution in [0, 0.1) is 0 Å². The fourth-order valence-electron chi connectivity index (χ4n) is 2.57. The van der Waals surface area contributed by atoms with Crippen molar-refractivity contribution in [2.45, 2.75) is 51.2 Å². The van der Waals surface area contributed by atoms with Crippen molar-refractivity contribution < 1.29 is 0 Å². The summed E-state index contributed by atoms with van der Waals surface area (Å²) in [6.45, 7) is 4.54. The van der Waals surface area contributed by atoms with E-state index in [-0.39, 0.29) is 0 Å². The van der Waals surface area contributed by atoms with E-state index in [0.29, 0.717) is 6.04 Å². The normalized spacial score (nSPS) is 26.2. The number of hydrogen-bond donors (Lipinski definition) is 1. The zero-order valence-corrected chi connectivity index (χ0v) is 10.9. The second kappa shape index (κ2) is 5.80. The lowest BCUT2D eigenvalue weighted by Gasteiger charge is -2.35. The summed E-state index contributed by atoms with van der Waals surface area (Å²) in [4.78, 5) is 4.09. The van der Waals surface area contributed by atoms with Crippen molar-refractivity contribution in [3.05, 3.63) is 22.4 Å². The van der Waals surface area contributed by atoms with Gasteiger partial charge in [0, 0.05) is 23.5 Å². The van der Waals surface area contributed by atoms with Crippen molar-refractivity contribution in [3.8, 4) is 0 Å². The number of hydrogen-bond acceptors (Lipinski definition) is 3. The highest BCUT2D eigenvalue weighted by molar-refractivity contribution is 7.09. The maximum Gasteiger partial charge on any atom is 0.0330 e. The first-order valence-electron chi connectivity index (χ1n) is 6.31. The number of thiophene rings is 1. The van der Waals surface area contributed by atoms with Crippen LogP contribution in [-0.2, 0) is 6.54 Å². The van der Waals surface area contributed by atoms with Crippen LogP contribution >= 0.6 is 11.3 Å². The third-order valence-corrected chi connectivity index (χ3v) is 4.46. The van der Waals surface area contributed by atoms with E-state index in [1.807, 2.05) is 11.3 Å². The van der Waals surface area contributed by atoms with Gasteiger partial charge in [-0.05, 0) is 43.7 Å². The molecule has 2 N–H and O–H groups in total. The van der Waals surface area contributed by atoms with Crippen LogP contribution in [0.5, 0.6) is 0 Å². The van der Waals surface area contributed by atoms with Gasteiger partial charge >= 0.3 is 0 Å². The molecule has 1 aliphatic carbocycles. The highest BCUT2D eigenvalue weighted by atomic mass is 32.1. The van der Waals surface area contributed by atoms with Crippen LogP contribution in [0.1, 0.15) is 37.5 Å². The maximum absolute atomic E-state index is 5.96. The second-order valence-electron chi connectivity index (χ2n) is 4.71. The Labute approximate surface area is 102 Å². The Morgan fingerprint density at radius 1 is 1.38 bits per heavy atom. The smallest absolute Gasteiger partial charge is 0.0330 e. The van der Waals surface area contributed by atoms with E-state index >= 15 is 0 Å². The summed E-state index contributed by atoms with van der Waals surface area (Å²) in [5.41, 5.74) is 5.96. The lowest BCUT2D eigenvalue weighted by atomic mass is 9.90. The van der Waals surface area contributed by atoms with Gasteiger partial charge in [-0.25, -0.2) is 0 Å². The molecule has 1 saturated carbocycles. The van der Waals surface area contributed by atoms with Crippen LogP contribution in [0.4, 0.5) is 0 Å². The summed E-state index contributed by atoms with van der Waals surface area (Å²) in [5.74, 6) is 0. The van der Waals surface area contributed by atoms with E-state index in [1.165, 1.54) is 30.6 Å². The van der Waals surface area contributed by atoms with Crippen molar-refractivity contribution in [1.82, 2.24) is 4.90 Å². The maximum atomic E-state index is 5.96. The summed E-state index contributed by atoms with van der Waals surface area (Å²) in [6.07, 6.45) is 4.96. The molecule has 3 heteroatoms. The minimum atomic E-state index is 0.455. The average Bonchev–Trinajstić information content (AvgIpc) is 2.80. The largest absolute Gasteiger partial charge is 0.328 e. The Kier molecular flexibility index (Phi) is 4.38. The van der Waals surface area contributed by atoms with Gasteiger partial charge in [-0.3, -0.25) is 4.90 Å². The first kappa shape index (κ1) is 12.1.